The van der Waals surface area contributed by atoms with Crippen molar-refractivity contribution < 1.29 is 8.83 Å². The van der Waals surface area contributed by atoms with E-state index in [4.69, 9.17) is 8.83 Å². The Morgan fingerprint density at radius 1 is 0.412 bits per heavy atom. The average Bonchev–Trinajstić information content (AvgIpc) is 1.67. The number of benzene rings is 8. The van der Waals surface area contributed by atoms with Crippen LogP contribution in [0.3, 0.4) is 0 Å². The second kappa shape index (κ2) is 16.7. The highest BCUT2D eigenvalue weighted by atomic mass is 16.3. The molecule has 0 bridgehead atoms. The molecule has 0 radical (unpaired) electrons. The molecule has 0 saturated heterocycles. The highest BCUT2D eigenvalue weighted by Gasteiger charge is 2.60. The maximum atomic E-state index is 7.21. The third-order valence-corrected chi connectivity index (χ3v) is 23.1. The van der Waals surface area contributed by atoms with Crippen molar-refractivity contribution in [1.29, 1.82) is 0 Å². The van der Waals surface area contributed by atoms with Gasteiger partial charge in [-0.1, -0.05) is 175 Å². The summed E-state index contributed by atoms with van der Waals surface area (Å²) in [6, 6.07) is 57.2. The summed E-state index contributed by atoms with van der Waals surface area (Å²) >= 11 is 0. The number of nitrogens with zero attached hydrogens (tertiary/aromatic N) is 4. The summed E-state index contributed by atoms with van der Waals surface area (Å²) in [4.78, 5) is 8.34. The molecular formula is C78H79BN4O2. The number of para-hydroxylation sites is 2. The standard InChI is InChI=1S/C78H79BN4O2/c1-72(2,3)46-29-33-58-54(40-46)75(10)35-18-20-37-77(75,12)82(58)49-31-32-56-61(43-49)80(60-25-22-28-66-67(60)51-23-14-16-26-64(51)84-66)62-44-50(83-59-34-30-47(73(4,5)6)41-55(59)76(11)36-19-21-38-78(76,83)13)45-63-68(62)79(56)57-42-48(74(7,8)9)39-53-69(57)81(63)70-52-24-15-17-27-65(52)85-71(53)70/h14-17,22-34,39-45H,18-21,35-38H2,1-13H3. The Morgan fingerprint density at radius 3 is 1.60 bits per heavy atom. The maximum Gasteiger partial charge on any atom is 0.252 e. The molecule has 17 rings (SSSR count). The van der Waals surface area contributed by atoms with Crippen LogP contribution < -0.4 is 31.1 Å². The minimum Gasteiger partial charge on any atom is -0.456 e. The molecule has 8 aromatic carbocycles. The van der Waals surface area contributed by atoms with Crippen LogP contribution in [0.2, 0.25) is 0 Å². The van der Waals surface area contributed by atoms with Gasteiger partial charge in [-0.2, -0.15) is 0 Å². The molecule has 426 valence electrons. The van der Waals surface area contributed by atoms with Crippen LogP contribution in [0.5, 0.6) is 0 Å². The van der Waals surface area contributed by atoms with Gasteiger partial charge >= 0.3 is 0 Å². The molecule has 85 heavy (non-hydrogen) atoms. The quantitative estimate of drug-likeness (QED) is 0.165. The first-order valence-corrected chi connectivity index (χ1v) is 32.0. The number of aromatic nitrogens is 1. The summed E-state index contributed by atoms with van der Waals surface area (Å²) < 4.78 is 16.8. The molecule has 2 aliphatic carbocycles. The van der Waals surface area contributed by atoms with Crippen LogP contribution in [0.1, 0.15) is 169 Å². The van der Waals surface area contributed by atoms with Gasteiger partial charge in [0, 0.05) is 66.8 Å². The zero-order valence-electron chi connectivity index (χ0n) is 52.2. The van der Waals surface area contributed by atoms with E-state index in [0.29, 0.717) is 0 Å². The normalized spacial score (nSPS) is 23.3. The van der Waals surface area contributed by atoms with Gasteiger partial charge in [-0.3, -0.25) is 0 Å². The lowest BCUT2D eigenvalue weighted by atomic mass is 9.33. The first-order chi connectivity index (χ1) is 40.5. The second-order valence-electron chi connectivity index (χ2n) is 30.7. The minimum absolute atomic E-state index is 0.0121. The highest BCUT2D eigenvalue weighted by Crippen LogP contribution is 2.64. The molecular weight excluding hydrogens is 1040 g/mol. The van der Waals surface area contributed by atoms with Crippen LogP contribution >= 0.6 is 0 Å². The largest absolute Gasteiger partial charge is 0.456 e. The molecule has 2 fully saturated rings. The lowest BCUT2D eigenvalue weighted by Crippen LogP contribution is -2.61. The molecule has 6 aliphatic rings. The monoisotopic (exact) mass is 1110 g/mol. The van der Waals surface area contributed by atoms with E-state index in [1.165, 1.54) is 127 Å². The van der Waals surface area contributed by atoms with Crippen molar-refractivity contribution in [3.8, 4) is 5.69 Å². The molecule has 11 aromatic rings. The van der Waals surface area contributed by atoms with Crippen LogP contribution in [0.15, 0.2) is 154 Å². The van der Waals surface area contributed by atoms with Gasteiger partial charge in [0.2, 0.25) is 0 Å². The van der Waals surface area contributed by atoms with Crippen molar-refractivity contribution in [3.63, 3.8) is 0 Å². The molecule has 7 heteroatoms. The fourth-order valence-corrected chi connectivity index (χ4v) is 18.1. The number of furan rings is 2. The highest BCUT2D eigenvalue weighted by molar-refractivity contribution is 7.00. The Labute approximate surface area is 501 Å². The Hall–Kier alpha value is -7.64. The van der Waals surface area contributed by atoms with Crippen molar-refractivity contribution in [3.05, 3.63) is 173 Å². The van der Waals surface area contributed by atoms with E-state index in [1.54, 1.807) is 0 Å². The van der Waals surface area contributed by atoms with Crippen molar-refractivity contribution in [1.82, 2.24) is 4.57 Å². The molecule has 4 aliphatic heterocycles. The van der Waals surface area contributed by atoms with Crippen LogP contribution in [0.25, 0.3) is 60.6 Å². The Bertz CT molecular complexity index is 4740. The van der Waals surface area contributed by atoms with Crippen molar-refractivity contribution in [2.45, 2.75) is 180 Å². The molecule has 6 nitrogen and oxygen atoms in total. The lowest BCUT2D eigenvalue weighted by Gasteiger charge is -2.51. The number of rotatable bonds is 3. The van der Waals surface area contributed by atoms with Gasteiger partial charge in [-0.15, -0.1) is 0 Å². The van der Waals surface area contributed by atoms with Crippen molar-refractivity contribution in [2.24, 2.45) is 0 Å². The fraction of sp³-hybridized carbons (Fsp3) is 0.359. The first-order valence-electron chi connectivity index (χ1n) is 32.0. The molecule has 4 atom stereocenters. The maximum absolute atomic E-state index is 7.21. The van der Waals surface area contributed by atoms with Crippen LogP contribution in [0, 0.1) is 0 Å². The lowest BCUT2D eigenvalue weighted by molar-refractivity contribution is 0.195. The Morgan fingerprint density at radius 2 is 0.965 bits per heavy atom. The van der Waals surface area contributed by atoms with Gasteiger partial charge in [-0.25, -0.2) is 0 Å². The van der Waals surface area contributed by atoms with Gasteiger partial charge in [0.05, 0.1) is 27.7 Å². The molecule has 0 N–H and O–H groups in total. The van der Waals surface area contributed by atoms with E-state index < -0.39 is 0 Å². The molecule has 7 heterocycles. The fourth-order valence-electron chi connectivity index (χ4n) is 18.1. The minimum atomic E-state index is -0.203. The van der Waals surface area contributed by atoms with Gasteiger partial charge in [0.25, 0.3) is 6.71 Å². The number of fused-ring (bicyclic) bond motifs is 18. The Balaban J connectivity index is 1.03. The first kappa shape index (κ1) is 51.8. The third kappa shape index (κ3) is 6.58. The topological polar surface area (TPSA) is 40.9 Å². The zero-order chi connectivity index (χ0) is 58.4. The smallest absolute Gasteiger partial charge is 0.252 e. The second-order valence-corrected chi connectivity index (χ2v) is 30.7. The van der Waals surface area contributed by atoms with Crippen molar-refractivity contribution >= 4 is 118 Å². The van der Waals surface area contributed by atoms with Gasteiger partial charge < -0.3 is 28.1 Å². The predicted octanol–water partition coefficient (Wildman–Crippen LogP) is 19.4. The van der Waals surface area contributed by atoms with E-state index >= 15 is 0 Å². The summed E-state index contributed by atoms with van der Waals surface area (Å²) in [5.41, 5.74) is 26.5. The zero-order valence-corrected chi connectivity index (χ0v) is 52.2. The van der Waals surface area contributed by atoms with Gasteiger partial charge in [0.1, 0.15) is 22.3 Å². The average molecular weight is 1120 g/mol. The van der Waals surface area contributed by atoms with E-state index in [9.17, 15) is 0 Å². The SMILES string of the molecule is CC(C)(C)c1ccc2c(c1)C1(C)CCCCC1(C)N2c1ccc2c(c1)N(c1cccc3oc4ccccc4c13)c1cc(N3c4ccc(C(C)(C)C)cc4C4(C)CCCCC34C)cc3c1B2c1cc(C(C)(C)C)cc2c4oc5ccccc5c4n-3c12. The summed E-state index contributed by atoms with van der Waals surface area (Å²) in [5, 5.41) is 4.57. The number of hydrogen-bond acceptors (Lipinski definition) is 5. The van der Waals surface area contributed by atoms with Crippen LogP contribution in [-0.4, -0.2) is 22.4 Å². The van der Waals surface area contributed by atoms with E-state index in [0.717, 1.165) is 69.0 Å². The third-order valence-electron chi connectivity index (χ3n) is 23.1. The summed E-state index contributed by atoms with van der Waals surface area (Å²) in [7, 11) is 0. The van der Waals surface area contributed by atoms with Crippen molar-refractivity contribution in [2.75, 3.05) is 14.7 Å². The van der Waals surface area contributed by atoms with E-state index in [-0.39, 0.29) is 44.9 Å². The number of hydrogen-bond donors (Lipinski definition) is 0. The molecule has 0 amide bonds. The molecule has 3 aromatic heterocycles. The summed E-state index contributed by atoms with van der Waals surface area (Å²) in [6.45, 7) is 31.6. The van der Waals surface area contributed by atoms with Gasteiger partial charge in [-0.05, 0) is 173 Å². The Kier molecular flexibility index (Phi) is 10.1. The molecule has 0 spiro atoms. The van der Waals surface area contributed by atoms with E-state index in [2.05, 4.69) is 255 Å². The van der Waals surface area contributed by atoms with Crippen LogP contribution in [-0.2, 0) is 27.1 Å². The number of anilines is 7. The predicted molar refractivity (Wildman–Crippen MR) is 359 cm³/mol. The summed E-state index contributed by atoms with van der Waals surface area (Å²) in [5.74, 6) is 0. The van der Waals surface area contributed by atoms with E-state index in [1.807, 2.05) is 0 Å². The van der Waals surface area contributed by atoms with Crippen LogP contribution in [0.4, 0.5) is 39.8 Å². The van der Waals surface area contributed by atoms with Gasteiger partial charge in [0.15, 0.2) is 5.58 Å². The molecule has 2 saturated carbocycles. The summed E-state index contributed by atoms with van der Waals surface area (Å²) in [6.07, 6.45) is 9.41. The molecule has 4 unspecified atom stereocenters.